The lowest BCUT2D eigenvalue weighted by atomic mass is 9.89. The summed E-state index contributed by atoms with van der Waals surface area (Å²) in [5.41, 5.74) is 1.16. The van der Waals surface area contributed by atoms with Crippen molar-refractivity contribution in [3.63, 3.8) is 0 Å². The van der Waals surface area contributed by atoms with Gasteiger partial charge in [0.2, 0.25) is 5.88 Å². The van der Waals surface area contributed by atoms with Crippen molar-refractivity contribution in [3.05, 3.63) is 36.0 Å². The van der Waals surface area contributed by atoms with E-state index in [9.17, 15) is 4.21 Å². The first kappa shape index (κ1) is 16.9. The zero-order chi connectivity index (χ0) is 16.3. The van der Waals surface area contributed by atoms with Crippen LogP contribution in [-0.2, 0) is 11.0 Å². The topological polar surface area (TPSA) is 51.2 Å². The van der Waals surface area contributed by atoms with Crippen LogP contribution in [0.15, 0.2) is 30.5 Å². The predicted molar refractivity (Wildman–Crippen MR) is 92.6 cm³/mol. The molecular weight excluding hydrogens is 296 g/mol. The van der Waals surface area contributed by atoms with Crippen molar-refractivity contribution >= 4 is 21.8 Å². The molecule has 2 atom stereocenters. The largest absolute Gasteiger partial charge is 0.481 e. The molecule has 2 rings (SSSR count). The third kappa shape index (κ3) is 3.31. The number of pyridine rings is 1. The van der Waals surface area contributed by atoms with Gasteiger partial charge in [0, 0.05) is 11.6 Å². The van der Waals surface area contributed by atoms with Crippen LogP contribution in [-0.4, -0.2) is 28.1 Å². The minimum absolute atomic E-state index is 0.246. The molecule has 1 N–H and O–H groups in total. The Morgan fingerprint density at radius 1 is 1.32 bits per heavy atom. The molecule has 1 unspecified atom stereocenters. The van der Waals surface area contributed by atoms with Gasteiger partial charge in [-0.05, 0) is 50.2 Å². The number of ether oxygens (including phenoxy) is 1. The smallest absolute Gasteiger partial charge is 0.221 e. The maximum Gasteiger partial charge on any atom is 0.221 e. The summed E-state index contributed by atoms with van der Waals surface area (Å²) in [6.07, 6.45) is 2.68. The maximum absolute atomic E-state index is 12.1. The van der Waals surface area contributed by atoms with Crippen molar-refractivity contribution in [2.75, 3.05) is 14.2 Å². The molecular formula is C17H24N2O2S. The van der Waals surface area contributed by atoms with E-state index in [1.54, 1.807) is 14.2 Å². The molecule has 0 aliphatic rings. The van der Waals surface area contributed by atoms with Gasteiger partial charge in [-0.2, -0.15) is 0 Å². The minimum atomic E-state index is -1.07. The van der Waals surface area contributed by atoms with Crippen LogP contribution in [0.4, 0.5) is 0 Å². The monoisotopic (exact) mass is 320 g/mol. The van der Waals surface area contributed by atoms with Gasteiger partial charge < -0.3 is 4.74 Å². The van der Waals surface area contributed by atoms with Crippen molar-refractivity contribution in [2.24, 2.45) is 0 Å². The van der Waals surface area contributed by atoms with Gasteiger partial charge >= 0.3 is 0 Å². The third-order valence-corrected chi connectivity index (χ3v) is 5.54. The van der Waals surface area contributed by atoms with Crippen molar-refractivity contribution in [1.29, 1.82) is 0 Å². The van der Waals surface area contributed by atoms with Gasteiger partial charge in [0.15, 0.2) is 0 Å². The van der Waals surface area contributed by atoms with Gasteiger partial charge in [-0.1, -0.05) is 25.1 Å². The van der Waals surface area contributed by atoms with Crippen molar-refractivity contribution in [3.8, 4) is 5.88 Å². The highest BCUT2D eigenvalue weighted by atomic mass is 32.2. The van der Waals surface area contributed by atoms with Crippen molar-refractivity contribution in [2.45, 2.75) is 37.9 Å². The fraction of sp³-hybridized carbons (Fsp3) is 0.471. The Morgan fingerprint density at radius 3 is 2.55 bits per heavy atom. The molecule has 0 radical (unpaired) electrons. The number of hydrogen-bond donors (Lipinski definition) is 1. The number of rotatable bonds is 6. The molecule has 22 heavy (non-hydrogen) atoms. The second-order valence-corrected chi connectivity index (χ2v) is 8.16. The van der Waals surface area contributed by atoms with Crippen LogP contribution in [0.3, 0.4) is 0 Å². The molecule has 1 aromatic carbocycles. The van der Waals surface area contributed by atoms with E-state index in [4.69, 9.17) is 4.74 Å². The summed E-state index contributed by atoms with van der Waals surface area (Å²) >= 11 is 0. The Hall–Kier alpha value is -1.46. The Balaban J connectivity index is 2.41. The molecule has 0 spiro atoms. The molecule has 0 amide bonds. The normalized spacial score (nSPS) is 14.8. The highest BCUT2D eigenvalue weighted by Crippen LogP contribution is 2.35. The molecule has 1 aromatic heterocycles. The van der Waals surface area contributed by atoms with Gasteiger partial charge in [0.1, 0.15) is 0 Å². The van der Waals surface area contributed by atoms with Gasteiger partial charge in [0.05, 0.1) is 22.8 Å². The van der Waals surface area contributed by atoms with Crippen LogP contribution in [0.25, 0.3) is 10.8 Å². The summed E-state index contributed by atoms with van der Waals surface area (Å²) in [4.78, 5) is 4.43. The SMILES string of the molecule is CNS(=O)C(C)(C)C[C@@H](C)c1cnc(OC)c2ccccc12. The summed E-state index contributed by atoms with van der Waals surface area (Å²) in [7, 11) is 2.30. The molecule has 1 heterocycles. The maximum atomic E-state index is 12.1. The summed E-state index contributed by atoms with van der Waals surface area (Å²) in [6, 6.07) is 8.12. The lowest BCUT2D eigenvalue weighted by molar-refractivity contribution is 0.403. The standard InChI is InChI=1S/C17H24N2O2S/c1-12(10-17(2,3)22(20)18-4)15-11-19-16(21-5)14-9-7-6-8-13(14)15/h6-9,11-12,18H,10H2,1-5H3/t12-,22?/m1/s1. The molecule has 0 saturated heterocycles. The lowest BCUT2D eigenvalue weighted by Gasteiger charge is -2.27. The molecule has 0 aliphatic carbocycles. The van der Waals surface area contributed by atoms with Gasteiger partial charge in [-0.15, -0.1) is 0 Å². The first-order valence-corrected chi connectivity index (χ1v) is 8.56. The van der Waals surface area contributed by atoms with Crippen LogP contribution in [0.2, 0.25) is 0 Å². The van der Waals surface area contributed by atoms with Crippen LogP contribution in [0.5, 0.6) is 5.88 Å². The first-order chi connectivity index (χ1) is 10.4. The summed E-state index contributed by atoms with van der Waals surface area (Å²) in [6.45, 7) is 6.20. The van der Waals surface area contributed by atoms with Gasteiger partial charge in [-0.25, -0.2) is 13.9 Å². The Bertz CT molecular complexity index is 685. The van der Waals surface area contributed by atoms with E-state index in [1.165, 1.54) is 0 Å². The number of methoxy groups -OCH3 is 1. The number of aromatic nitrogens is 1. The molecule has 0 fully saturated rings. The Kier molecular flexibility index (Phi) is 5.19. The van der Waals surface area contributed by atoms with Crippen LogP contribution < -0.4 is 9.46 Å². The molecule has 2 aromatic rings. The molecule has 5 heteroatoms. The predicted octanol–water partition coefficient (Wildman–Crippen LogP) is 3.40. The van der Waals surface area contributed by atoms with Crippen molar-refractivity contribution in [1.82, 2.24) is 9.71 Å². The highest BCUT2D eigenvalue weighted by Gasteiger charge is 2.28. The number of nitrogens with one attached hydrogen (secondary N) is 1. The van der Waals surface area contributed by atoms with E-state index < -0.39 is 11.0 Å². The van der Waals surface area contributed by atoms with Gasteiger partial charge in [0.25, 0.3) is 0 Å². The minimum Gasteiger partial charge on any atom is -0.481 e. The second kappa shape index (κ2) is 6.75. The van der Waals surface area contributed by atoms with Crippen molar-refractivity contribution < 1.29 is 8.95 Å². The van der Waals surface area contributed by atoms with E-state index in [2.05, 4.69) is 22.7 Å². The molecule has 120 valence electrons. The fourth-order valence-electron chi connectivity index (χ4n) is 2.94. The van der Waals surface area contributed by atoms with E-state index in [-0.39, 0.29) is 10.7 Å². The number of nitrogens with zero attached hydrogens (tertiary/aromatic N) is 1. The number of fused-ring (bicyclic) bond motifs is 1. The molecule has 0 saturated carbocycles. The average Bonchev–Trinajstić information content (AvgIpc) is 2.52. The fourth-order valence-corrected chi connectivity index (χ4v) is 3.90. The lowest BCUT2D eigenvalue weighted by Crippen LogP contribution is -2.35. The summed E-state index contributed by atoms with van der Waals surface area (Å²) in [5.74, 6) is 0.889. The van der Waals surface area contributed by atoms with Crippen LogP contribution in [0, 0.1) is 0 Å². The third-order valence-electron chi connectivity index (χ3n) is 4.00. The van der Waals surface area contributed by atoms with E-state index in [1.807, 2.05) is 38.2 Å². The quantitative estimate of drug-likeness (QED) is 0.887. The summed E-state index contributed by atoms with van der Waals surface area (Å²) in [5, 5.41) is 2.16. The Morgan fingerprint density at radius 2 is 1.95 bits per heavy atom. The van der Waals surface area contributed by atoms with E-state index in [0.29, 0.717) is 5.88 Å². The number of hydrogen-bond acceptors (Lipinski definition) is 3. The molecule has 0 bridgehead atoms. The van der Waals surface area contributed by atoms with Gasteiger partial charge in [-0.3, -0.25) is 0 Å². The van der Waals surface area contributed by atoms with Crippen LogP contribution >= 0.6 is 0 Å². The first-order valence-electron chi connectivity index (χ1n) is 7.41. The zero-order valence-electron chi connectivity index (χ0n) is 13.8. The van der Waals surface area contributed by atoms with Crippen LogP contribution in [0.1, 0.15) is 38.7 Å². The molecule has 4 nitrogen and oxygen atoms in total. The second-order valence-electron chi connectivity index (χ2n) is 6.11. The van der Waals surface area contributed by atoms with E-state index in [0.717, 1.165) is 22.8 Å². The molecule has 0 aliphatic heterocycles. The highest BCUT2D eigenvalue weighted by molar-refractivity contribution is 7.84. The zero-order valence-corrected chi connectivity index (χ0v) is 14.7. The average molecular weight is 320 g/mol. The summed E-state index contributed by atoms with van der Waals surface area (Å²) < 4.78 is 20.0. The number of benzene rings is 1. The van der Waals surface area contributed by atoms with E-state index >= 15 is 0 Å². The Labute approximate surface area is 134 Å².